The van der Waals surface area contributed by atoms with Crippen molar-refractivity contribution in [2.24, 2.45) is 5.92 Å². The summed E-state index contributed by atoms with van der Waals surface area (Å²) in [6.45, 7) is 2.76. The first-order valence-electron chi connectivity index (χ1n) is 6.64. The minimum atomic E-state index is -4.03. The van der Waals surface area contributed by atoms with E-state index >= 15 is 0 Å². The number of H-pyrrole nitrogens is 1. The molecule has 0 radical (unpaired) electrons. The standard InChI is InChI=1S/C12H18ClN3O4S/c1-7(6-20-2)5-14-12(17)10-11(21(13,18)19)9(15-16-10)8-3-4-8/h7-8H,3-6H2,1-2H3,(H,14,17)(H,15,16). The molecule has 0 spiro atoms. The number of hydrogen-bond donors (Lipinski definition) is 2. The van der Waals surface area contributed by atoms with Crippen LogP contribution in [0.15, 0.2) is 4.90 Å². The number of nitrogens with zero attached hydrogens (tertiary/aromatic N) is 1. The van der Waals surface area contributed by atoms with Crippen molar-refractivity contribution < 1.29 is 17.9 Å². The van der Waals surface area contributed by atoms with Gasteiger partial charge in [0.1, 0.15) is 4.90 Å². The molecule has 118 valence electrons. The number of nitrogens with one attached hydrogen (secondary N) is 2. The highest BCUT2D eigenvalue weighted by atomic mass is 35.7. The Balaban J connectivity index is 2.17. The average Bonchev–Trinajstić information content (AvgIpc) is 3.13. The minimum absolute atomic E-state index is 0.0926. The number of methoxy groups -OCH3 is 1. The molecule has 21 heavy (non-hydrogen) atoms. The van der Waals surface area contributed by atoms with Crippen molar-refractivity contribution in [1.29, 1.82) is 0 Å². The van der Waals surface area contributed by atoms with Gasteiger partial charge < -0.3 is 10.1 Å². The van der Waals surface area contributed by atoms with Gasteiger partial charge in [-0.1, -0.05) is 6.92 Å². The maximum atomic E-state index is 12.1. The number of halogens is 1. The predicted molar refractivity (Wildman–Crippen MR) is 77.0 cm³/mol. The number of carbonyl (C=O) groups excluding carboxylic acids is 1. The lowest BCUT2D eigenvalue weighted by Crippen LogP contribution is -2.30. The Morgan fingerprint density at radius 2 is 2.24 bits per heavy atom. The highest BCUT2D eigenvalue weighted by Crippen LogP contribution is 2.43. The van der Waals surface area contributed by atoms with E-state index in [2.05, 4.69) is 15.5 Å². The Morgan fingerprint density at radius 1 is 1.57 bits per heavy atom. The molecule has 0 saturated heterocycles. The van der Waals surface area contributed by atoms with Gasteiger partial charge in [-0.05, 0) is 18.8 Å². The Bertz CT molecular complexity index is 624. The van der Waals surface area contributed by atoms with Crippen LogP contribution in [0, 0.1) is 5.92 Å². The van der Waals surface area contributed by atoms with E-state index in [1.54, 1.807) is 7.11 Å². The van der Waals surface area contributed by atoms with Gasteiger partial charge in [-0.25, -0.2) is 8.42 Å². The number of amides is 1. The molecule has 0 aromatic carbocycles. The van der Waals surface area contributed by atoms with E-state index in [0.29, 0.717) is 18.8 Å². The Kier molecular flexibility index (Phi) is 4.90. The van der Waals surface area contributed by atoms with Crippen LogP contribution < -0.4 is 5.32 Å². The maximum absolute atomic E-state index is 12.1. The molecule has 7 nitrogen and oxygen atoms in total. The van der Waals surface area contributed by atoms with Gasteiger partial charge in [0.2, 0.25) is 0 Å². The molecule has 2 rings (SSSR count). The van der Waals surface area contributed by atoms with Crippen molar-refractivity contribution >= 4 is 25.6 Å². The Hall–Kier alpha value is -1.12. The van der Waals surface area contributed by atoms with Gasteiger partial charge in [-0.2, -0.15) is 5.10 Å². The predicted octanol–water partition coefficient (Wildman–Crippen LogP) is 1.23. The third kappa shape index (κ3) is 3.96. The van der Waals surface area contributed by atoms with Crippen LogP contribution in [0.3, 0.4) is 0 Å². The van der Waals surface area contributed by atoms with Crippen LogP contribution >= 0.6 is 10.7 Å². The Labute approximate surface area is 127 Å². The summed E-state index contributed by atoms with van der Waals surface area (Å²) < 4.78 is 28.4. The van der Waals surface area contributed by atoms with E-state index in [-0.39, 0.29) is 22.4 Å². The van der Waals surface area contributed by atoms with Gasteiger partial charge in [0.15, 0.2) is 5.69 Å². The highest BCUT2D eigenvalue weighted by Gasteiger charge is 2.36. The van der Waals surface area contributed by atoms with Gasteiger partial charge in [0.25, 0.3) is 15.0 Å². The van der Waals surface area contributed by atoms with Crippen LogP contribution in [-0.2, 0) is 13.8 Å². The van der Waals surface area contributed by atoms with Crippen LogP contribution in [-0.4, -0.2) is 44.8 Å². The van der Waals surface area contributed by atoms with Crippen LogP contribution in [0.25, 0.3) is 0 Å². The van der Waals surface area contributed by atoms with Crippen LogP contribution in [0.2, 0.25) is 0 Å². The van der Waals surface area contributed by atoms with E-state index in [1.165, 1.54) is 0 Å². The molecule has 1 fully saturated rings. The second kappa shape index (κ2) is 6.33. The number of aromatic nitrogens is 2. The van der Waals surface area contributed by atoms with Crippen molar-refractivity contribution in [3.05, 3.63) is 11.4 Å². The van der Waals surface area contributed by atoms with Crippen molar-refractivity contribution in [2.45, 2.75) is 30.6 Å². The van der Waals surface area contributed by atoms with E-state index < -0.39 is 15.0 Å². The lowest BCUT2D eigenvalue weighted by Gasteiger charge is -2.10. The van der Waals surface area contributed by atoms with Crippen molar-refractivity contribution in [2.75, 3.05) is 20.3 Å². The fourth-order valence-corrected chi connectivity index (χ4v) is 3.40. The summed E-state index contributed by atoms with van der Waals surface area (Å²) >= 11 is 0. The zero-order chi connectivity index (χ0) is 15.6. The SMILES string of the molecule is COCC(C)CNC(=O)c1n[nH]c(C2CC2)c1S(=O)(=O)Cl. The summed E-state index contributed by atoms with van der Waals surface area (Å²) in [5, 5.41) is 9.12. The van der Waals surface area contributed by atoms with E-state index in [4.69, 9.17) is 15.4 Å². The summed E-state index contributed by atoms with van der Waals surface area (Å²) in [7, 11) is 3.00. The van der Waals surface area contributed by atoms with Crippen molar-refractivity contribution in [3.63, 3.8) is 0 Å². The monoisotopic (exact) mass is 335 g/mol. The third-order valence-electron chi connectivity index (χ3n) is 3.25. The number of aromatic amines is 1. The van der Waals surface area contributed by atoms with Gasteiger partial charge in [0, 0.05) is 30.3 Å². The fourth-order valence-electron chi connectivity index (χ4n) is 2.09. The molecule has 1 unspecified atom stereocenters. The van der Waals surface area contributed by atoms with E-state index in [0.717, 1.165) is 12.8 Å². The minimum Gasteiger partial charge on any atom is -0.384 e. The molecule has 0 aliphatic heterocycles. The molecule has 1 aromatic rings. The third-order valence-corrected chi connectivity index (χ3v) is 4.62. The normalized spacial score (nSPS) is 16.7. The molecular formula is C12H18ClN3O4S. The highest BCUT2D eigenvalue weighted by molar-refractivity contribution is 8.13. The molecule has 1 aliphatic rings. The molecule has 1 saturated carbocycles. The first kappa shape index (κ1) is 16.3. The second-order valence-electron chi connectivity index (χ2n) is 5.30. The van der Waals surface area contributed by atoms with Gasteiger partial charge in [-0.3, -0.25) is 9.89 Å². The summed E-state index contributed by atoms with van der Waals surface area (Å²) in [5.41, 5.74) is 0.261. The second-order valence-corrected chi connectivity index (χ2v) is 7.80. The smallest absolute Gasteiger partial charge is 0.273 e. The van der Waals surface area contributed by atoms with Crippen LogP contribution in [0.1, 0.15) is 41.9 Å². The molecule has 1 atom stereocenters. The molecule has 1 aliphatic carbocycles. The number of rotatable bonds is 7. The quantitative estimate of drug-likeness (QED) is 0.730. The summed E-state index contributed by atoms with van der Waals surface area (Å²) in [5.74, 6) is -0.354. The molecule has 0 bridgehead atoms. The van der Waals surface area contributed by atoms with Gasteiger partial charge in [-0.15, -0.1) is 0 Å². The number of hydrogen-bond acceptors (Lipinski definition) is 5. The fraction of sp³-hybridized carbons (Fsp3) is 0.667. The summed E-state index contributed by atoms with van der Waals surface area (Å²) in [4.78, 5) is 11.9. The van der Waals surface area contributed by atoms with Gasteiger partial charge >= 0.3 is 0 Å². The summed E-state index contributed by atoms with van der Waals surface area (Å²) in [6, 6.07) is 0. The molecule has 1 heterocycles. The first-order valence-corrected chi connectivity index (χ1v) is 8.95. The van der Waals surface area contributed by atoms with E-state index in [1.807, 2.05) is 6.92 Å². The Morgan fingerprint density at radius 3 is 2.76 bits per heavy atom. The average molecular weight is 336 g/mol. The number of ether oxygens (including phenoxy) is 1. The van der Waals surface area contributed by atoms with Crippen molar-refractivity contribution in [1.82, 2.24) is 15.5 Å². The molecule has 1 amide bonds. The topological polar surface area (TPSA) is 101 Å². The largest absolute Gasteiger partial charge is 0.384 e. The molecule has 9 heteroatoms. The maximum Gasteiger partial charge on any atom is 0.273 e. The van der Waals surface area contributed by atoms with Gasteiger partial charge in [0.05, 0.1) is 12.3 Å². The number of carbonyl (C=O) groups is 1. The molecular weight excluding hydrogens is 318 g/mol. The lowest BCUT2D eigenvalue weighted by atomic mass is 10.2. The zero-order valence-corrected chi connectivity index (χ0v) is 13.4. The van der Waals surface area contributed by atoms with Crippen LogP contribution in [0.4, 0.5) is 0 Å². The first-order chi connectivity index (χ1) is 9.84. The van der Waals surface area contributed by atoms with Crippen LogP contribution in [0.5, 0.6) is 0 Å². The molecule has 1 aromatic heterocycles. The van der Waals surface area contributed by atoms with E-state index in [9.17, 15) is 13.2 Å². The summed E-state index contributed by atoms with van der Waals surface area (Å²) in [6.07, 6.45) is 1.74. The lowest BCUT2D eigenvalue weighted by molar-refractivity contribution is 0.0926. The van der Waals surface area contributed by atoms with Crippen molar-refractivity contribution in [3.8, 4) is 0 Å². The molecule has 2 N–H and O–H groups in total. The zero-order valence-electron chi connectivity index (χ0n) is 11.8.